The summed E-state index contributed by atoms with van der Waals surface area (Å²) >= 11 is 0. The fraction of sp³-hybridized carbons (Fsp3) is 0.222. The average Bonchev–Trinajstić information content (AvgIpc) is 2.60. The number of ether oxygens (including phenoxy) is 1. The van der Waals surface area contributed by atoms with E-state index in [-0.39, 0.29) is 24.7 Å². The molecule has 1 N–H and O–H groups in total. The van der Waals surface area contributed by atoms with Gasteiger partial charge in [0.2, 0.25) is 0 Å². The highest BCUT2D eigenvalue weighted by molar-refractivity contribution is 5.96. The Morgan fingerprint density at radius 3 is 2.52 bits per heavy atom. The number of amides is 1. The molecular weight excluding hydrogens is 324 g/mol. The summed E-state index contributed by atoms with van der Waals surface area (Å²) in [5, 5.41) is 13.4. The van der Waals surface area contributed by atoms with Crippen LogP contribution in [0, 0.1) is 24.0 Å². The van der Waals surface area contributed by atoms with Crippen LogP contribution in [0.3, 0.4) is 0 Å². The van der Waals surface area contributed by atoms with Gasteiger partial charge in [-0.1, -0.05) is 18.2 Å². The number of hydrogen-bond acceptors (Lipinski definition) is 5. The molecule has 25 heavy (non-hydrogen) atoms. The lowest BCUT2D eigenvalue weighted by Gasteiger charge is -2.08. The zero-order valence-electron chi connectivity index (χ0n) is 13.9. The monoisotopic (exact) mass is 342 g/mol. The SMILES string of the molecule is Cc1ccc(C(=O)NCC(=O)OCc2ccccc2[N+](=O)[O-])cc1C. The third-order valence-corrected chi connectivity index (χ3v) is 3.74. The molecule has 0 aromatic heterocycles. The lowest BCUT2D eigenvalue weighted by Crippen LogP contribution is -2.30. The molecule has 7 nitrogen and oxygen atoms in total. The summed E-state index contributed by atoms with van der Waals surface area (Å²) in [6, 6.07) is 11.3. The quantitative estimate of drug-likeness (QED) is 0.494. The molecule has 2 aromatic rings. The highest BCUT2D eigenvalue weighted by Crippen LogP contribution is 2.18. The summed E-state index contributed by atoms with van der Waals surface area (Å²) < 4.78 is 4.99. The topological polar surface area (TPSA) is 98.5 Å². The Morgan fingerprint density at radius 2 is 1.84 bits per heavy atom. The number of nitro groups is 1. The normalized spacial score (nSPS) is 10.2. The maximum Gasteiger partial charge on any atom is 0.325 e. The largest absolute Gasteiger partial charge is 0.459 e. The lowest BCUT2D eigenvalue weighted by molar-refractivity contribution is -0.385. The molecule has 0 radical (unpaired) electrons. The zero-order chi connectivity index (χ0) is 18.4. The molecule has 0 atom stereocenters. The standard InChI is InChI=1S/C18H18N2O5/c1-12-7-8-14(9-13(12)2)18(22)19-10-17(21)25-11-15-5-3-4-6-16(15)20(23)24/h3-9H,10-11H2,1-2H3,(H,19,22). The van der Waals surface area contributed by atoms with E-state index in [9.17, 15) is 19.7 Å². The molecule has 2 aromatic carbocycles. The fourth-order valence-corrected chi connectivity index (χ4v) is 2.16. The van der Waals surface area contributed by atoms with Crippen LogP contribution in [0.2, 0.25) is 0 Å². The first-order valence-corrected chi connectivity index (χ1v) is 7.62. The number of esters is 1. The molecule has 0 aliphatic carbocycles. The number of nitro benzene ring substituents is 1. The van der Waals surface area contributed by atoms with Gasteiger partial charge in [0.1, 0.15) is 13.2 Å². The van der Waals surface area contributed by atoms with Gasteiger partial charge < -0.3 is 10.1 Å². The number of para-hydroxylation sites is 1. The van der Waals surface area contributed by atoms with Crippen LogP contribution in [0.15, 0.2) is 42.5 Å². The van der Waals surface area contributed by atoms with Crippen LogP contribution in [-0.4, -0.2) is 23.3 Å². The highest BCUT2D eigenvalue weighted by atomic mass is 16.6. The number of carbonyl (C=O) groups excluding carboxylic acids is 2. The predicted molar refractivity (Wildman–Crippen MR) is 91.1 cm³/mol. The number of rotatable bonds is 6. The number of carbonyl (C=O) groups is 2. The van der Waals surface area contributed by atoms with Gasteiger partial charge in [0.25, 0.3) is 11.6 Å². The molecule has 0 bridgehead atoms. The van der Waals surface area contributed by atoms with Crippen molar-refractivity contribution >= 4 is 17.6 Å². The summed E-state index contributed by atoms with van der Waals surface area (Å²) in [4.78, 5) is 34.1. The molecule has 0 aliphatic rings. The Hall–Kier alpha value is -3.22. The van der Waals surface area contributed by atoms with E-state index in [2.05, 4.69) is 5.32 Å². The van der Waals surface area contributed by atoms with Crippen molar-refractivity contribution in [3.05, 3.63) is 74.8 Å². The van der Waals surface area contributed by atoms with Crippen molar-refractivity contribution in [2.45, 2.75) is 20.5 Å². The second-order valence-corrected chi connectivity index (χ2v) is 5.53. The summed E-state index contributed by atoms with van der Waals surface area (Å²) in [5.41, 5.74) is 2.68. The molecule has 130 valence electrons. The van der Waals surface area contributed by atoms with Crippen LogP contribution >= 0.6 is 0 Å². The van der Waals surface area contributed by atoms with Crippen LogP contribution in [0.25, 0.3) is 0 Å². The van der Waals surface area contributed by atoms with Gasteiger partial charge >= 0.3 is 5.97 Å². The minimum Gasteiger partial charge on any atom is -0.459 e. The van der Waals surface area contributed by atoms with Crippen LogP contribution in [-0.2, 0) is 16.1 Å². The third-order valence-electron chi connectivity index (χ3n) is 3.74. The summed E-state index contributed by atoms with van der Waals surface area (Å²) in [5.74, 6) is -1.05. The number of benzene rings is 2. The van der Waals surface area contributed by atoms with Crippen molar-refractivity contribution < 1.29 is 19.2 Å². The lowest BCUT2D eigenvalue weighted by atomic mass is 10.1. The molecule has 0 unspecified atom stereocenters. The van der Waals surface area contributed by atoms with Gasteiger partial charge in [0, 0.05) is 11.6 Å². The van der Waals surface area contributed by atoms with E-state index in [1.54, 1.807) is 18.2 Å². The second-order valence-electron chi connectivity index (χ2n) is 5.53. The summed E-state index contributed by atoms with van der Waals surface area (Å²) in [6.07, 6.45) is 0. The van der Waals surface area contributed by atoms with Gasteiger partial charge in [-0.15, -0.1) is 0 Å². The van der Waals surface area contributed by atoms with Crippen LogP contribution in [0.5, 0.6) is 0 Å². The van der Waals surface area contributed by atoms with Gasteiger partial charge in [-0.3, -0.25) is 19.7 Å². The van der Waals surface area contributed by atoms with Gasteiger partial charge in [0.05, 0.1) is 10.5 Å². The molecule has 0 spiro atoms. The molecule has 0 saturated carbocycles. The highest BCUT2D eigenvalue weighted by Gasteiger charge is 2.15. The molecule has 7 heteroatoms. The van der Waals surface area contributed by atoms with E-state index in [0.29, 0.717) is 11.1 Å². The molecule has 0 fully saturated rings. The maximum absolute atomic E-state index is 12.0. The zero-order valence-corrected chi connectivity index (χ0v) is 13.9. The number of aryl methyl sites for hydroxylation is 2. The molecule has 0 aliphatic heterocycles. The molecule has 0 saturated heterocycles. The van der Waals surface area contributed by atoms with E-state index in [1.165, 1.54) is 18.2 Å². The van der Waals surface area contributed by atoms with Crippen molar-refractivity contribution in [1.29, 1.82) is 0 Å². The van der Waals surface area contributed by atoms with E-state index in [1.807, 2.05) is 19.9 Å². The van der Waals surface area contributed by atoms with Gasteiger partial charge in [-0.05, 0) is 43.2 Å². The summed E-state index contributed by atoms with van der Waals surface area (Å²) in [6.45, 7) is 3.30. The van der Waals surface area contributed by atoms with Crippen molar-refractivity contribution in [2.24, 2.45) is 0 Å². The predicted octanol–water partition coefficient (Wildman–Crippen LogP) is 2.68. The Labute approximate surface area is 144 Å². The van der Waals surface area contributed by atoms with E-state index in [4.69, 9.17) is 4.74 Å². The molecule has 0 heterocycles. The van der Waals surface area contributed by atoms with E-state index < -0.39 is 10.9 Å². The minimum atomic E-state index is -0.671. The minimum absolute atomic E-state index is 0.116. The van der Waals surface area contributed by atoms with Gasteiger partial charge in [-0.25, -0.2) is 0 Å². The third kappa shape index (κ3) is 4.87. The van der Waals surface area contributed by atoms with E-state index in [0.717, 1.165) is 11.1 Å². The summed E-state index contributed by atoms with van der Waals surface area (Å²) in [7, 11) is 0. The number of nitrogens with one attached hydrogen (secondary N) is 1. The van der Waals surface area contributed by atoms with Crippen molar-refractivity contribution in [3.8, 4) is 0 Å². The van der Waals surface area contributed by atoms with Crippen molar-refractivity contribution in [1.82, 2.24) is 5.32 Å². The maximum atomic E-state index is 12.0. The van der Waals surface area contributed by atoms with E-state index >= 15 is 0 Å². The van der Waals surface area contributed by atoms with Crippen molar-refractivity contribution in [2.75, 3.05) is 6.54 Å². The van der Waals surface area contributed by atoms with Crippen LogP contribution < -0.4 is 5.32 Å². The average molecular weight is 342 g/mol. The second kappa shape index (κ2) is 8.05. The first-order valence-electron chi connectivity index (χ1n) is 7.62. The first-order chi connectivity index (χ1) is 11.9. The molecule has 2 rings (SSSR count). The van der Waals surface area contributed by atoms with Crippen molar-refractivity contribution in [3.63, 3.8) is 0 Å². The number of nitrogens with zero attached hydrogens (tertiary/aromatic N) is 1. The van der Waals surface area contributed by atoms with Gasteiger partial charge in [0.15, 0.2) is 0 Å². The Kier molecular flexibility index (Phi) is 5.84. The van der Waals surface area contributed by atoms with Crippen LogP contribution in [0.1, 0.15) is 27.0 Å². The number of hydrogen-bond donors (Lipinski definition) is 1. The van der Waals surface area contributed by atoms with Gasteiger partial charge in [-0.2, -0.15) is 0 Å². The van der Waals surface area contributed by atoms with Crippen LogP contribution in [0.4, 0.5) is 5.69 Å². The smallest absolute Gasteiger partial charge is 0.325 e. The Balaban J connectivity index is 1.88. The Bertz CT molecular complexity index is 817. The molecule has 1 amide bonds. The fourth-order valence-electron chi connectivity index (χ4n) is 2.16. The first kappa shape index (κ1) is 18.1. The Morgan fingerprint density at radius 1 is 1.12 bits per heavy atom. The molecular formula is C18H18N2O5.